The minimum absolute atomic E-state index is 0.114. The Balaban J connectivity index is 0.000000806. The number of aliphatic hydroxyl groups is 1. The number of benzene rings is 1. The molecule has 0 spiro atoms. The van der Waals surface area contributed by atoms with Gasteiger partial charge in [-0.3, -0.25) is 0 Å². The second-order valence-electron chi connectivity index (χ2n) is 8.91. The fraction of sp³-hybridized carbons (Fsp3) is 0.708. The highest BCUT2D eigenvalue weighted by Gasteiger charge is 2.21. The van der Waals surface area contributed by atoms with Crippen LogP contribution in [0.25, 0.3) is 11.0 Å². The van der Waals surface area contributed by atoms with Crippen molar-refractivity contribution in [3.63, 3.8) is 0 Å². The van der Waals surface area contributed by atoms with Crippen LogP contribution in [0.15, 0.2) is 16.7 Å². The highest BCUT2D eigenvalue weighted by molar-refractivity contribution is 5.84. The first-order chi connectivity index (χ1) is 14.6. The first-order valence-corrected chi connectivity index (χ1v) is 11.6. The number of hydrogen-bond donors (Lipinski definition) is 3. The average Bonchev–Trinajstić information content (AvgIpc) is 3.18. The lowest BCUT2D eigenvalue weighted by atomic mass is 9.88. The monoisotopic (exact) mass is 417 g/mol. The van der Waals surface area contributed by atoms with Crippen molar-refractivity contribution in [1.82, 2.24) is 15.8 Å². The number of fused-ring (bicyclic) bond motifs is 1. The van der Waals surface area contributed by atoms with Gasteiger partial charge in [0.1, 0.15) is 5.75 Å². The van der Waals surface area contributed by atoms with Crippen molar-refractivity contribution in [3.05, 3.63) is 23.4 Å². The molecule has 0 unspecified atom stereocenters. The van der Waals surface area contributed by atoms with Gasteiger partial charge in [0.15, 0.2) is 5.58 Å². The molecule has 0 amide bonds. The molecule has 1 aliphatic heterocycles. The Morgan fingerprint density at radius 1 is 1.10 bits per heavy atom. The second-order valence-corrected chi connectivity index (χ2v) is 8.91. The SMILES string of the molecule is CNC.Cc1c(OCC2CCC(O)CC2)ccc2c(CCC3CCNCC3)noc12. The lowest BCUT2D eigenvalue weighted by Crippen LogP contribution is -2.27. The molecule has 1 aromatic heterocycles. The molecular weight excluding hydrogens is 378 g/mol. The van der Waals surface area contributed by atoms with Crippen molar-refractivity contribution in [2.45, 2.75) is 64.4 Å². The second kappa shape index (κ2) is 11.7. The van der Waals surface area contributed by atoms with Gasteiger partial charge in [-0.15, -0.1) is 0 Å². The molecule has 0 radical (unpaired) electrons. The molecule has 6 heteroatoms. The van der Waals surface area contributed by atoms with E-state index in [4.69, 9.17) is 9.26 Å². The lowest BCUT2D eigenvalue weighted by molar-refractivity contribution is 0.0916. The fourth-order valence-corrected chi connectivity index (χ4v) is 4.54. The van der Waals surface area contributed by atoms with E-state index in [0.717, 1.165) is 85.7 Å². The van der Waals surface area contributed by atoms with Crippen molar-refractivity contribution in [2.24, 2.45) is 11.8 Å². The normalized spacial score (nSPS) is 22.5. The predicted octanol–water partition coefficient (Wildman–Crippen LogP) is 3.83. The van der Waals surface area contributed by atoms with E-state index in [1.165, 1.54) is 19.3 Å². The quantitative estimate of drug-likeness (QED) is 0.663. The summed E-state index contributed by atoms with van der Waals surface area (Å²) in [4.78, 5) is 0. The Morgan fingerprint density at radius 2 is 1.80 bits per heavy atom. The number of aliphatic hydroxyl groups excluding tert-OH is 1. The van der Waals surface area contributed by atoms with Gasteiger partial charge in [-0.25, -0.2) is 0 Å². The summed E-state index contributed by atoms with van der Waals surface area (Å²) in [6.07, 6.45) is 8.49. The standard InChI is InChI=1S/C22H32N2O3.C2H7N/c1-15-21(26-14-17-2-5-18(25)6-3-17)9-7-19-20(24-27-22(15)19)8-4-16-10-12-23-13-11-16;1-3-2/h7,9,16-18,23,25H,2-6,8,10-14H2,1H3;3H,1-2H3. The van der Waals surface area contributed by atoms with Crippen LogP contribution < -0.4 is 15.4 Å². The van der Waals surface area contributed by atoms with Crippen LogP contribution in [0.1, 0.15) is 56.2 Å². The molecule has 6 nitrogen and oxygen atoms in total. The molecule has 1 saturated carbocycles. The topological polar surface area (TPSA) is 79.5 Å². The van der Waals surface area contributed by atoms with E-state index in [1.807, 2.05) is 14.1 Å². The first kappa shape index (κ1) is 23.0. The van der Waals surface area contributed by atoms with E-state index in [2.05, 4.69) is 34.8 Å². The van der Waals surface area contributed by atoms with Crippen LogP contribution in [0.5, 0.6) is 5.75 Å². The summed E-state index contributed by atoms with van der Waals surface area (Å²) in [7, 11) is 3.75. The zero-order chi connectivity index (χ0) is 21.3. The minimum Gasteiger partial charge on any atom is -0.493 e. The third-order valence-corrected chi connectivity index (χ3v) is 6.45. The number of nitrogens with one attached hydrogen (secondary N) is 2. The van der Waals surface area contributed by atoms with Crippen molar-refractivity contribution in [3.8, 4) is 5.75 Å². The first-order valence-electron chi connectivity index (χ1n) is 11.6. The molecule has 2 aliphatic rings. The highest BCUT2D eigenvalue weighted by atomic mass is 16.5. The minimum atomic E-state index is -0.114. The molecular formula is C24H39N3O3. The molecule has 2 aromatic rings. The molecule has 0 bridgehead atoms. The van der Waals surface area contributed by atoms with Gasteiger partial charge < -0.3 is 25.0 Å². The Bertz CT molecular complexity index is 762. The number of hydrogen-bond acceptors (Lipinski definition) is 6. The molecule has 2 fully saturated rings. The summed E-state index contributed by atoms with van der Waals surface area (Å²) in [5, 5.41) is 21.3. The molecule has 30 heavy (non-hydrogen) atoms. The van der Waals surface area contributed by atoms with Crippen LogP contribution in [0, 0.1) is 18.8 Å². The largest absolute Gasteiger partial charge is 0.493 e. The third-order valence-electron chi connectivity index (χ3n) is 6.45. The van der Waals surface area contributed by atoms with Crippen LogP contribution in [-0.2, 0) is 6.42 Å². The van der Waals surface area contributed by atoms with Gasteiger partial charge in [-0.05, 0) is 109 Å². The molecule has 4 rings (SSSR count). The zero-order valence-corrected chi connectivity index (χ0v) is 18.9. The van der Waals surface area contributed by atoms with E-state index in [0.29, 0.717) is 5.92 Å². The molecule has 2 heterocycles. The molecule has 1 aliphatic carbocycles. The van der Waals surface area contributed by atoms with Crippen LogP contribution in [0.2, 0.25) is 0 Å². The van der Waals surface area contributed by atoms with Crippen LogP contribution >= 0.6 is 0 Å². The number of nitrogens with zero attached hydrogens (tertiary/aromatic N) is 1. The van der Waals surface area contributed by atoms with Crippen molar-refractivity contribution in [1.29, 1.82) is 0 Å². The van der Waals surface area contributed by atoms with E-state index in [9.17, 15) is 5.11 Å². The molecule has 3 N–H and O–H groups in total. The Labute approximate surface area is 180 Å². The summed E-state index contributed by atoms with van der Waals surface area (Å²) in [6, 6.07) is 4.18. The van der Waals surface area contributed by atoms with Crippen molar-refractivity contribution >= 4 is 11.0 Å². The van der Waals surface area contributed by atoms with E-state index >= 15 is 0 Å². The molecule has 1 aromatic carbocycles. The van der Waals surface area contributed by atoms with E-state index in [-0.39, 0.29) is 6.10 Å². The van der Waals surface area contributed by atoms with Crippen LogP contribution in [0.4, 0.5) is 0 Å². The average molecular weight is 418 g/mol. The number of aryl methyl sites for hydroxylation is 2. The van der Waals surface area contributed by atoms with Crippen molar-refractivity contribution in [2.75, 3.05) is 33.8 Å². The Morgan fingerprint density at radius 3 is 2.50 bits per heavy atom. The highest BCUT2D eigenvalue weighted by Crippen LogP contribution is 2.32. The van der Waals surface area contributed by atoms with Gasteiger partial charge in [0.2, 0.25) is 0 Å². The smallest absolute Gasteiger partial charge is 0.173 e. The van der Waals surface area contributed by atoms with Gasteiger partial charge in [0.25, 0.3) is 0 Å². The molecule has 1 saturated heterocycles. The number of rotatable bonds is 6. The van der Waals surface area contributed by atoms with Gasteiger partial charge >= 0.3 is 0 Å². The number of piperidine rings is 1. The maximum absolute atomic E-state index is 9.64. The van der Waals surface area contributed by atoms with Gasteiger partial charge in [0, 0.05) is 10.9 Å². The van der Waals surface area contributed by atoms with Crippen LogP contribution in [-0.4, -0.2) is 50.2 Å². The summed E-state index contributed by atoms with van der Waals surface area (Å²) in [6.45, 7) is 5.06. The fourth-order valence-electron chi connectivity index (χ4n) is 4.54. The van der Waals surface area contributed by atoms with E-state index in [1.54, 1.807) is 0 Å². The van der Waals surface area contributed by atoms with E-state index < -0.39 is 0 Å². The summed E-state index contributed by atoms with van der Waals surface area (Å²) in [5.41, 5.74) is 3.00. The predicted molar refractivity (Wildman–Crippen MR) is 121 cm³/mol. The van der Waals surface area contributed by atoms with Gasteiger partial charge in [0.05, 0.1) is 18.4 Å². The lowest BCUT2D eigenvalue weighted by Gasteiger charge is -2.25. The summed E-state index contributed by atoms with van der Waals surface area (Å²) in [5.74, 6) is 2.24. The summed E-state index contributed by atoms with van der Waals surface area (Å²) >= 11 is 0. The maximum atomic E-state index is 9.64. The number of ether oxygens (including phenoxy) is 1. The molecule has 168 valence electrons. The maximum Gasteiger partial charge on any atom is 0.173 e. The van der Waals surface area contributed by atoms with Gasteiger partial charge in [-0.1, -0.05) is 5.16 Å². The Kier molecular flexibility index (Phi) is 8.97. The molecule has 0 atom stereocenters. The van der Waals surface area contributed by atoms with Crippen LogP contribution in [0.3, 0.4) is 0 Å². The Hall–Kier alpha value is -1.63. The summed E-state index contributed by atoms with van der Waals surface area (Å²) < 4.78 is 11.8. The van der Waals surface area contributed by atoms with Crippen molar-refractivity contribution < 1.29 is 14.4 Å². The third kappa shape index (κ3) is 6.19. The number of aromatic nitrogens is 1. The zero-order valence-electron chi connectivity index (χ0n) is 18.9. The van der Waals surface area contributed by atoms with Gasteiger partial charge in [-0.2, -0.15) is 0 Å².